The first-order chi connectivity index (χ1) is 6.79. The van der Waals surface area contributed by atoms with Gasteiger partial charge in [0.05, 0.1) is 13.3 Å². The standard InChI is InChI=1S/C8H9I2O4P/c9-6-3-5(1-2-15(12,13)14)4-7(10)8(6)11/h3-4,11H,1-2H2,(H2,12,13,14). The predicted octanol–water partition coefficient (Wildman–Crippen LogP) is 2.32. The molecule has 0 saturated heterocycles. The topological polar surface area (TPSA) is 77.8 Å². The normalized spacial score (nSPS) is 11.7. The van der Waals surface area contributed by atoms with Crippen LogP contribution < -0.4 is 0 Å². The van der Waals surface area contributed by atoms with E-state index in [1.807, 2.05) is 45.2 Å². The number of hydrogen-bond donors (Lipinski definition) is 3. The van der Waals surface area contributed by atoms with Crippen molar-refractivity contribution in [3.05, 3.63) is 24.8 Å². The van der Waals surface area contributed by atoms with Crippen LogP contribution >= 0.6 is 52.8 Å². The van der Waals surface area contributed by atoms with Crippen molar-refractivity contribution in [2.24, 2.45) is 0 Å². The number of phenolic OH excluding ortho intramolecular Hbond substituents is 1. The van der Waals surface area contributed by atoms with Crippen LogP contribution in [0.1, 0.15) is 5.56 Å². The van der Waals surface area contributed by atoms with Gasteiger partial charge < -0.3 is 14.9 Å². The van der Waals surface area contributed by atoms with Gasteiger partial charge in [-0.3, -0.25) is 4.57 Å². The lowest BCUT2D eigenvalue weighted by Gasteiger charge is -2.07. The minimum atomic E-state index is -3.94. The van der Waals surface area contributed by atoms with E-state index in [1.165, 1.54) is 0 Å². The van der Waals surface area contributed by atoms with E-state index in [4.69, 9.17) is 9.79 Å². The SMILES string of the molecule is O=P(O)(O)CCc1cc(I)c(O)c(I)c1. The van der Waals surface area contributed by atoms with E-state index in [0.29, 0.717) is 13.6 Å². The number of phenols is 1. The van der Waals surface area contributed by atoms with Crippen LogP contribution in [0.3, 0.4) is 0 Å². The van der Waals surface area contributed by atoms with Crippen LogP contribution in [0.25, 0.3) is 0 Å². The first-order valence-electron chi connectivity index (χ1n) is 4.01. The second-order valence-corrected chi connectivity index (χ2v) is 7.15. The molecule has 3 N–H and O–H groups in total. The van der Waals surface area contributed by atoms with Crippen molar-refractivity contribution in [1.29, 1.82) is 0 Å². The highest BCUT2D eigenvalue weighted by molar-refractivity contribution is 14.1. The third-order valence-corrected chi connectivity index (χ3v) is 4.22. The lowest BCUT2D eigenvalue weighted by atomic mass is 10.2. The summed E-state index contributed by atoms with van der Waals surface area (Å²) in [5.41, 5.74) is 0.824. The maximum Gasteiger partial charge on any atom is 0.325 e. The molecule has 0 spiro atoms. The van der Waals surface area contributed by atoms with Gasteiger partial charge in [-0.05, 0) is 69.3 Å². The van der Waals surface area contributed by atoms with Crippen LogP contribution in [0.2, 0.25) is 0 Å². The van der Waals surface area contributed by atoms with Crippen LogP contribution in [0.4, 0.5) is 0 Å². The summed E-state index contributed by atoms with van der Waals surface area (Å²) < 4.78 is 12.1. The lowest BCUT2D eigenvalue weighted by molar-refractivity contribution is 0.373. The average molecular weight is 454 g/mol. The Morgan fingerprint density at radius 2 is 1.67 bits per heavy atom. The monoisotopic (exact) mass is 454 g/mol. The van der Waals surface area contributed by atoms with Crippen LogP contribution in [-0.4, -0.2) is 21.1 Å². The Kier molecular flexibility index (Phi) is 4.85. The molecule has 84 valence electrons. The van der Waals surface area contributed by atoms with Gasteiger partial charge in [0, 0.05) is 0 Å². The van der Waals surface area contributed by atoms with Gasteiger partial charge >= 0.3 is 7.60 Å². The molecule has 0 aromatic heterocycles. The molecule has 1 rings (SSSR count). The number of hydrogen-bond acceptors (Lipinski definition) is 2. The Labute approximate surface area is 115 Å². The molecule has 1 aromatic rings. The minimum absolute atomic E-state index is 0.163. The summed E-state index contributed by atoms with van der Waals surface area (Å²) >= 11 is 3.97. The molecule has 0 saturated carbocycles. The quantitative estimate of drug-likeness (QED) is 0.485. The lowest BCUT2D eigenvalue weighted by Crippen LogP contribution is -1.95. The minimum Gasteiger partial charge on any atom is -0.506 e. The predicted molar refractivity (Wildman–Crippen MR) is 74.2 cm³/mol. The van der Waals surface area contributed by atoms with Crippen molar-refractivity contribution in [3.63, 3.8) is 0 Å². The second kappa shape index (κ2) is 5.31. The summed E-state index contributed by atoms with van der Waals surface area (Å²) in [5, 5.41) is 9.49. The van der Waals surface area contributed by atoms with Crippen molar-refractivity contribution in [2.45, 2.75) is 6.42 Å². The number of benzene rings is 1. The average Bonchev–Trinajstić information content (AvgIpc) is 2.09. The third kappa shape index (κ3) is 4.56. The highest BCUT2D eigenvalue weighted by atomic mass is 127. The maximum absolute atomic E-state index is 10.7. The zero-order chi connectivity index (χ0) is 11.6. The molecular weight excluding hydrogens is 445 g/mol. The summed E-state index contributed by atoms with van der Waals surface area (Å²) in [4.78, 5) is 17.5. The number of aromatic hydroxyl groups is 1. The fraction of sp³-hybridized carbons (Fsp3) is 0.250. The molecule has 0 fully saturated rings. The first kappa shape index (κ1) is 13.7. The Balaban J connectivity index is 2.84. The second-order valence-electron chi connectivity index (χ2n) is 3.05. The zero-order valence-corrected chi connectivity index (χ0v) is 12.7. The smallest absolute Gasteiger partial charge is 0.325 e. The molecular formula is C8H9I2O4P. The van der Waals surface area contributed by atoms with E-state index in [2.05, 4.69) is 0 Å². The molecule has 0 atom stereocenters. The zero-order valence-electron chi connectivity index (χ0n) is 7.52. The Morgan fingerprint density at radius 3 is 2.07 bits per heavy atom. The molecule has 0 aliphatic heterocycles. The van der Waals surface area contributed by atoms with E-state index >= 15 is 0 Å². The largest absolute Gasteiger partial charge is 0.506 e. The molecule has 1 aromatic carbocycles. The van der Waals surface area contributed by atoms with E-state index in [9.17, 15) is 9.67 Å². The van der Waals surface area contributed by atoms with Gasteiger partial charge in [-0.2, -0.15) is 0 Å². The molecule has 15 heavy (non-hydrogen) atoms. The van der Waals surface area contributed by atoms with Crippen molar-refractivity contribution in [1.82, 2.24) is 0 Å². The van der Waals surface area contributed by atoms with Gasteiger partial charge in [0.15, 0.2) is 0 Å². The molecule has 4 nitrogen and oxygen atoms in total. The molecule has 7 heteroatoms. The molecule has 0 aliphatic carbocycles. The fourth-order valence-corrected chi connectivity index (χ4v) is 3.48. The molecule has 0 amide bonds. The van der Waals surface area contributed by atoms with Crippen LogP contribution in [0.15, 0.2) is 12.1 Å². The van der Waals surface area contributed by atoms with E-state index in [-0.39, 0.29) is 11.9 Å². The van der Waals surface area contributed by atoms with E-state index < -0.39 is 7.60 Å². The van der Waals surface area contributed by atoms with Gasteiger partial charge in [-0.15, -0.1) is 0 Å². The summed E-state index contributed by atoms with van der Waals surface area (Å²) in [5.74, 6) is 0.219. The van der Waals surface area contributed by atoms with Crippen molar-refractivity contribution in [2.75, 3.05) is 6.16 Å². The van der Waals surface area contributed by atoms with E-state index in [0.717, 1.165) is 5.56 Å². The van der Waals surface area contributed by atoms with Crippen molar-refractivity contribution in [3.8, 4) is 5.75 Å². The molecule has 0 bridgehead atoms. The fourth-order valence-electron chi connectivity index (χ4n) is 1.04. The highest BCUT2D eigenvalue weighted by Crippen LogP contribution is 2.36. The Hall–Kier alpha value is 0.630. The molecule has 0 radical (unpaired) electrons. The molecule has 0 heterocycles. The van der Waals surface area contributed by atoms with E-state index in [1.54, 1.807) is 12.1 Å². The van der Waals surface area contributed by atoms with Crippen LogP contribution in [-0.2, 0) is 11.0 Å². The first-order valence-corrected chi connectivity index (χ1v) is 7.96. The molecule has 0 unspecified atom stereocenters. The Morgan fingerprint density at radius 1 is 1.20 bits per heavy atom. The van der Waals surface area contributed by atoms with Gasteiger partial charge in [-0.25, -0.2) is 0 Å². The summed E-state index contributed by atoms with van der Waals surface area (Å²) in [6, 6.07) is 3.46. The summed E-state index contributed by atoms with van der Waals surface area (Å²) in [6.45, 7) is 0. The van der Waals surface area contributed by atoms with Gasteiger partial charge in [0.1, 0.15) is 5.75 Å². The third-order valence-electron chi connectivity index (χ3n) is 1.77. The van der Waals surface area contributed by atoms with Gasteiger partial charge in [-0.1, -0.05) is 0 Å². The van der Waals surface area contributed by atoms with Gasteiger partial charge in [0.25, 0.3) is 0 Å². The van der Waals surface area contributed by atoms with Crippen LogP contribution in [0, 0.1) is 7.14 Å². The Bertz CT molecular complexity index is 392. The number of halogens is 2. The summed E-state index contributed by atoms with van der Waals surface area (Å²) in [7, 11) is -3.94. The number of rotatable bonds is 3. The maximum atomic E-state index is 10.7. The van der Waals surface area contributed by atoms with Crippen molar-refractivity contribution < 1.29 is 19.5 Å². The highest BCUT2D eigenvalue weighted by Gasteiger charge is 2.13. The molecule has 0 aliphatic rings. The van der Waals surface area contributed by atoms with Crippen molar-refractivity contribution >= 4 is 52.8 Å². The summed E-state index contributed by atoms with van der Waals surface area (Å²) in [6.07, 6.45) is 0.153. The number of aryl methyl sites for hydroxylation is 1. The van der Waals surface area contributed by atoms with Gasteiger partial charge in [0.2, 0.25) is 0 Å². The van der Waals surface area contributed by atoms with Crippen LogP contribution in [0.5, 0.6) is 5.75 Å².